The number of nitrogens with two attached hydrogens (primary N) is 1. The van der Waals surface area contributed by atoms with Crippen LogP contribution in [0.4, 0.5) is 0 Å². The first-order chi connectivity index (χ1) is 6.24. The maximum atomic E-state index is 10.7. The molecule has 0 aromatic carbocycles. The molecule has 0 aliphatic rings. The Hall–Kier alpha value is -1.42. The molecule has 1 amide bonds. The summed E-state index contributed by atoms with van der Waals surface area (Å²) in [6.07, 6.45) is 3.72. The summed E-state index contributed by atoms with van der Waals surface area (Å²) >= 11 is 0. The Morgan fingerprint density at radius 2 is 2.54 bits per heavy atom. The Kier molecular flexibility index (Phi) is 3.40. The van der Waals surface area contributed by atoms with Gasteiger partial charge < -0.3 is 11.1 Å². The smallest absolute Gasteiger partial charge is 0.219 e. The quantitative estimate of drug-likeness (QED) is 0.694. The molecule has 0 radical (unpaired) electrons. The van der Waals surface area contributed by atoms with Crippen LogP contribution in [0.15, 0.2) is 24.5 Å². The maximum Gasteiger partial charge on any atom is 0.219 e. The lowest BCUT2D eigenvalue weighted by atomic mass is 10.1. The SMILES string of the molecule is CNC(CC(N)=O)c1cccnc1. The summed E-state index contributed by atoms with van der Waals surface area (Å²) in [5.41, 5.74) is 6.08. The van der Waals surface area contributed by atoms with Crippen molar-refractivity contribution in [2.75, 3.05) is 7.05 Å². The highest BCUT2D eigenvalue weighted by Crippen LogP contribution is 2.13. The molecule has 4 heteroatoms. The fourth-order valence-corrected chi connectivity index (χ4v) is 1.17. The van der Waals surface area contributed by atoms with E-state index in [1.807, 2.05) is 12.1 Å². The van der Waals surface area contributed by atoms with Crippen molar-refractivity contribution in [3.63, 3.8) is 0 Å². The zero-order chi connectivity index (χ0) is 9.68. The highest BCUT2D eigenvalue weighted by atomic mass is 16.1. The van der Waals surface area contributed by atoms with Crippen LogP contribution >= 0.6 is 0 Å². The van der Waals surface area contributed by atoms with Crippen molar-refractivity contribution < 1.29 is 4.79 Å². The summed E-state index contributed by atoms with van der Waals surface area (Å²) in [6.45, 7) is 0. The van der Waals surface area contributed by atoms with Crippen molar-refractivity contribution in [3.8, 4) is 0 Å². The van der Waals surface area contributed by atoms with Crippen LogP contribution in [0, 0.1) is 0 Å². The van der Waals surface area contributed by atoms with E-state index in [0.717, 1.165) is 5.56 Å². The van der Waals surface area contributed by atoms with Gasteiger partial charge in [-0.3, -0.25) is 9.78 Å². The predicted molar refractivity (Wildman–Crippen MR) is 49.8 cm³/mol. The van der Waals surface area contributed by atoms with Gasteiger partial charge >= 0.3 is 0 Å². The lowest BCUT2D eigenvalue weighted by molar-refractivity contribution is -0.118. The number of carbonyl (C=O) groups is 1. The summed E-state index contributed by atoms with van der Waals surface area (Å²) in [6, 6.07) is 3.71. The van der Waals surface area contributed by atoms with Crippen molar-refractivity contribution in [2.24, 2.45) is 5.73 Å². The minimum Gasteiger partial charge on any atom is -0.370 e. The van der Waals surface area contributed by atoms with E-state index in [1.165, 1.54) is 0 Å². The molecule has 0 bridgehead atoms. The molecule has 0 saturated carbocycles. The van der Waals surface area contributed by atoms with Crippen molar-refractivity contribution in [1.82, 2.24) is 10.3 Å². The Morgan fingerprint density at radius 3 is 3.00 bits per heavy atom. The lowest BCUT2D eigenvalue weighted by Crippen LogP contribution is -2.23. The number of hydrogen-bond acceptors (Lipinski definition) is 3. The Balaban J connectivity index is 2.73. The van der Waals surface area contributed by atoms with Crippen LogP contribution in [0.5, 0.6) is 0 Å². The fraction of sp³-hybridized carbons (Fsp3) is 0.333. The molecule has 1 aromatic rings. The summed E-state index contributed by atoms with van der Waals surface area (Å²) < 4.78 is 0. The van der Waals surface area contributed by atoms with Gasteiger partial charge in [0.25, 0.3) is 0 Å². The zero-order valence-corrected chi connectivity index (χ0v) is 7.53. The zero-order valence-electron chi connectivity index (χ0n) is 7.53. The van der Waals surface area contributed by atoms with Gasteiger partial charge in [-0.2, -0.15) is 0 Å². The fourth-order valence-electron chi connectivity index (χ4n) is 1.17. The average molecular weight is 179 g/mol. The van der Waals surface area contributed by atoms with Crippen LogP contribution in [-0.4, -0.2) is 17.9 Å². The van der Waals surface area contributed by atoms with E-state index in [1.54, 1.807) is 19.4 Å². The van der Waals surface area contributed by atoms with E-state index in [9.17, 15) is 4.79 Å². The molecular weight excluding hydrogens is 166 g/mol. The van der Waals surface area contributed by atoms with Crippen LogP contribution < -0.4 is 11.1 Å². The number of nitrogens with one attached hydrogen (secondary N) is 1. The number of pyridine rings is 1. The maximum absolute atomic E-state index is 10.7. The van der Waals surface area contributed by atoms with E-state index in [0.29, 0.717) is 6.42 Å². The van der Waals surface area contributed by atoms with E-state index in [4.69, 9.17) is 5.73 Å². The monoisotopic (exact) mass is 179 g/mol. The Bertz CT molecular complexity index is 273. The number of rotatable bonds is 4. The van der Waals surface area contributed by atoms with E-state index >= 15 is 0 Å². The van der Waals surface area contributed by atoms with Crippen molar-refractivity contribution in [2.45, 2.75) is 12.5 Å². The van der Waals surface area contributed by atoms with Gasteiger partial charge in [-0.15, -0.1) is 0 Å². The first-order valence-electron chi connectivity index (χ1n) is 4.09. The second-order valence-corrected chi connectivity index (χ2v) is 2.80. The lowest BCUT2D eigenvalue weighted by Gasteiger charge is -2.13. The van der Waals surface area contributed by atoms with Crippen molar-refractivity contribution in [1.29, 1.82) is 0 Å². The van der Waals surface area contributed by atoms with Gasteiger partial charge in [-0.05, 0) is 18.7 Å². The van der Waals surface area contributed by atoms with Crippen LogP contribution in [0.2, 0.25) is 0 Å². The van der Waals surface area contributed by atoms with Gasteiger partial charge in [0.15, 0.2) is 0 Å². The summed E-state index contributed by atoms with van der Waals surface area (Å²) in [4.78, 5) is 14.7. The number of hydrogen-bond donors (Lipinski definition) is 2. The largest absolute Gasteiger partial charge is 0.370 e. The van der Waals surface area contributed by atoms with E-state index in [-0.39, 0.29) is 11.9 Å². The van der Waals surface area contributed by atoms with Gasteiger partial charge in [0, 0.05) is 24.9 Å². The molecule has 1 rings (SSSR count). The third kappa shape index (κ3) is 2.83. The molecule has 70 valence electrons. The van der Waals surface area contributed by atoms with Gasteiger partial charge in [0.05, 0.1) is 0 Å². The molecule has 4 nitrogen and oxygen atoms in total. The predicted octanol–water partition coefficient (Wildman–Crippen LogP) is 0.217. The van der Waals surface area contributed by atoms with E-state index < -0.39 is 0 Å². The van der Waals surface area contributed by atoms with Crippen LogP contribution in [0.3, 0.4) is 0 Å². The van der Waals surface area contributed by atoms with Crippen LogP contribution in [0.1, 0.15) is 18.0 Å². The third-order valence-electron chi connectivity index (χ3n) is 1.84. The number of aromatic nitrogens is 1. The molecule has 1 aromatic heterocycles. The molecule has 1 atom stereocenters. The van der Waals surface area contributed by atoms with Crippen LogP contribution in [-0.2, 0) is 4.79 Å². The minimum absolute atomic E-state index is 0.0359. The Labute approximate surface area is 77.2 Å². The average Bonchev–Trinajstić information content (AvgIpc) is 2.15. The normalized spacial score (nSPS) is 12.4. The molecule has 0 spiro atoms. The van der Waals surface area contributed by atoms with Gasteiger partial charge in [-0.1, -0.05) is 6.07 Å². The summed E-state index contributed by atoms with van der Waals surface area (Å²) in [7, 11) is 1.79. The molecular formula is C9H13N3O. The van der Waals surface area contributed by atoms with E-state index in [2.05, 4.69) is 10.3 Å². The van der Waals surface area contributed by atoms with Crippen molar-refractivity contribution in [3.05, 3.63) is 30.1 Å². The molecule has 1 heterocycles. The molecule has 3 N–H and O–H groups in total. The highest BCUT2D eigenvalue weighted by Gasteiger charge is 2.11. The molecule has 0 aliphatic heterocycles. The van der Waals surface area contributed by atoms with Crippen LogP contribution in [0.25, 0.3) is 0 Å². The Morgan fingerprint density at radius 1 is 1.77 bits per heavy atom. The summed E-state index contributed by atoms with van der Waals surface area (Å²) in [5.74, 6) is -0.316. The van der Waals surface area contributed by atoms with Gasteiger partial charge in [0.2, 0.25) is 5.91 Å². The number of amides is 1. The molecule has 13 heavy (non-hydrogen) atoms. The standard InChI is InChI=1S/C9H13N3O/c1-11-8(5-9(10)13)7-3-2-4-12-6-7/h2-4,6,8,11H,5H2,1H3,(H2,10,13). The number of primary amides is 1. The molecule has 1 unspecified atom stereocenters. The summed E-state index contributed by atoms with van der Waals surface area (Å²) in [5, 5.41) is 3.01. The second kappa shape index (κ2) is 4.57. The number of nitrogens with zero attached hydrogens (tertiary/aromatic N) is 1. The molecule has 0 fully saturated rings. The molecule has 0 aliphatic carbocycles. The minimum atomic E-state index is -0.316. The van der Waals surface area contributed by atoms with Gasteiger partial charge in [0.1, 0.15) is 0 Å². The first-order valence-corrected chi connectivity index (χ1v) is 4.09. The highest BCUT2D eigenvalue weighted by molar-refractivity contribution is 5.74. The van der Waals surface area contributed by atoms with Gasteiger partial charge in [-0.25, -0.2) is 0 Å². The third-order valence-corrected chi connectivity index (χ3v) is 1.84. The second-order valence-electron chi connectivity index (χ2n) is 2.80. The van der Waals surface area contributed by atoms with Crippen molar-refractivity contribution >= 4 is 5.91 Å². The number of carbonyl (C=O) groups excluding carboxylic acids is 1. The molecule has 0 saturated heterocycles. The first kappa shape index (κ1) is 9.67. The topological polar surface area (TPSA) is 68.0 Å².